The molecule has 0 saturated heterocycles. The Kier molecular flexibility index (Phi) is 4.24. The number of alkyl halides is 3. The monoisotopic (exact) mass is 412 g/mol. The van der Waals surface area contributed by atoms with Crippen LogP contribution in [0.2, 0.25) is 0 Å². The highest BCUT2D eigenvalue weighted by Gasteiger charge is 2.66. The number of fused-ring (bicyclic) bond motifs is 2. The molecule has 2 aliphatic rings. The number of thiophene rings is 1. The van der Waals surface area contributed by atoms with Gasteiger partial charge in [0.15, 0.2) is 5.16 Å². The second-order valence-electron chi connectivity index (χ2n) is 8.03. The molecule has 2 aromatic rings. The summed E-state index contributed by atoms with van der Waals surface area (Å²) in [4.78, 5) is 21.7. The standard InChI is InChI=1S/C19H19F3N2OS2/c1-17(2)10-6-7-18(17,3)15(14(10)25)27-16-23-11(12-5-4-8-26-12)9-13(24-16)19(20,21)22/h4-5,8-10,15H,6-7H2,1-3H3/t10-,15-,18-/m0/s1. The van der Waals surface area contributed by atoms with Gasteiger partial charge in [0.25, 0.3) is 0 Å². The third-order valence-electron chi connectivity index (χ3n) is 6.47. The van der Waals surface area contributed by atoms with Gasteiger partial charge in [0.2, 0.25) is 0 Å². The van der Waals surface area contributed by atoms with Crippen LogP contribution in [-0.4, -0.2) is 21.0 Å². The maximum absolute atomic E-state index is 13.4. The Balaban J connectivity index is 1.74. The highest BCUT2D eigenvalue weighted by Crippen LogP contribution is 2.67. The van der Waals surface area contributed by atoms with Gasteiger partial charge in [0.1, 0.15) is 11.5 Å². The van der Waals surface area contributed by atoms with Gasteiger partial charge in [0, 0.05) is 5.92 Å². The number of thioether (sulfide) groups is 1. The number of carbonyl (C=O) groups is 1. The number of ketones is 1. The van der Waals surface area contributed by atoms with Crippen molar-refractivity contribution in [3.05, 3.63) is 29.3 Å². The van der Waals surface area contributed by atoms with E-state index in [1.54, 1.807) is 17.5 Å². The zero-order valence-electron chi connectivity index (χ0n) is 15.1. The number of nitrogens with zero attached hydrogens (tertiary/aromatic N) is 2. The quantitative estimate of drug-likeness (QED) is 0.606. The van der Waals surface area contributed by atoms with E-state index in [-0.39, 0.29) is 33.4 Å². The van der Waals surface area contributed by atoms with Gasteiger partial charge in [-0.2, -0.15) is 13.2 Å². The minimum absolute atomic E-state index is 0.0242. The summed E-state index contributed by atoms with van der Waals surface area (Å²) in [6.07, 6.45) is -2.82. The van der Waals surface area contributed by atoms with E-state index in [2.05, 4.69) is 30.7 Å². The van der Waals surface area contributed by atoms with Crippen molar-refractivity contribution in [1.29, 1.82) is 0 Å². The average Bonchev–Trinajstić information content (AvgIpc) is 3.21. The topological polar surface area (TPSA) is 42.9 Å². The van der Waals surface area contributed by atoms with Crippen LogP contribution in [-0.2, 0) is 11.0 Å². The van der Waals surface area contributed by atoms with E-state index in [0.717, 1.165) is 30.7 Å². The van der Waals surface area contributed by atoms with Crippen LogP contribution < -0.4 is 0 Å². The molecule has 0 spiro atoms. The molecule has 4 rings (SSSR count). The van der Waals surface area contributed by atoms with Crippen molar-refractivity contribution in [2.75, 3.05) is 0 Å². The number of carbonyl (C=O) groups excluding carboxylic acids is 1. The lowest BCUT2D eigenvalue weighted by molar-refractivity contribution is -0.141. The Bertz CT molecular complexity index is 895. The first-order valence-electron chi connectivity index (χ1n) is 8.74. The zero-order chi connectivity index (χ0) is 19.6. The van der Waals surface area contributed by atoms with Crippen molar-refractivity contribution in [2.45, 2.75) is 50.2 Å². The smallest absolute Gasteiger partial charge is 0.298 e. The Morgan fingerprint density at radius 1 is 1.26 bits per heavy atom. The molecule has 0 aliphatic heterocycles. The van der Waals surface area contributed by atoms with Crippen molar-refractivity contribution in [3.63, 3.8) is 0 Å². The van der Waals surface area contributed by atoms with E-state index < -0.39 is 17.1 Å². The molecule has 2 bridgehead atoms. The normalized spacial score (nSPS) is 29.5. The van der Waals surface area contributed by atoms with E-state index in [9.17, 15) is 18.0 Å². The van der Waals surface area contributed by atoms with Gasteiger partial charge in [-0.05, 0) is 41.2 Å². The third kappa shape index (κ3) is 2.83. The van der Waals surface area contributed by atoms with Gasteiger partial charge >= 0.3 is 6.18 Å². The van der Waals surface area contributed by atoms with Crippen molar-refractivity contribution in [1.82, 2.24) is 9.97 Å². The highest BCUT2D eigenvalue weighted by atomic mass is 32.2. The molecule has 2 aromatic heterocycles. The fraction of sp³-hybridized carbons (Fsp3) is 0.526. The molecule has 144 valence electrons. The van der Waals surface area contributed by atoms with Gasteiger partial charge in [-0.25, -0.2) is 9.97 Å². The molecule has 2 aliphatic carbocycles. The van der Waals surface area contributed by atoms with Gasteiger partial charge in [-0.3, -0.25) is 4.79 Å². The van der Waals surface area contributed by atoms with Crippen LogP contribution in [0, 0.1) is 16.7 Å². The molecular formula is C19H19F3N2OS2. The van der Waals surface area contributed by atoms with Crippen LogP contribution in [0.4, 0.5) is 13.2 Å². The number of hydrogen-bond acceptors (Lipinski definition) is 5. The molecule has 3 nitrogen and oxygen atoms in total. The molecule has 2 saturated carbocycles. The van der Waals surface area contributed by atoms with Crippen LogP contribution in [0.1, 0.15) is 39.3 Å². The Morgan fingerprint density at radius 3 is 2.56 bits per heavy atom. The number of halogens is 3. The van der Waals surface area contributed by atoms with Crippen LogP contribution in [0.15, 0.2) is 28.7 Å². The van der Waals surface area contributed by atoms with Gasteiger partial charge in [-0.15, -0.1) is 11.3 Å². The largest absolute Gasteiger partial charge is 0.433 e. The van der Waals surface area contributed by atoms with Crippen molar-refractivity contribution >= 4 is 28.9 Å². The summed E-state index contributed by atoms with van der Waals surface area (Å²) in [7, 11) is 0. The molecule has 0 aromatic carbocycles. The van der Waals surface area contributed by atoms with Crippen molar-refractivity contribution in [3.8, 4) is 10.6 Å². The highest BCUT2D eigenvalue weighted by molar-refractivity contribution is 8.00. The summed E-state index contributed by atoms with van der Waals surface area (Å²) in [6.45, 7) is 6.25. The van der Waals surface area contributed by atoms with Crippen LogP contribution in [0.5, 0.6) is 0 Å². The molecule has 3 atom stereocenters. The minimum Gasteiger partial charge on any atom is -0.298 e. The van der Waals surface area contributed by atoms with Crippen LogP contribution in [0.3, 0.4) is 0 Å². The summed E-state index contributed by atoms with van der Waals surface area (Å²) < 4.78 is 40.1. The second kappa shape index (κ2) is 6.04. The summed E-state index contributed by atoms with van der Waals surface area (Å²) in [5.41, 5.74) is -1.15. The summed E-state index contributed by atoms with van der Waals surface area (Å²) in [5, 5.41) is 1.41. The Hall–Kier alpha value is -1.41. The first-order valence-corrected chi connectivity index (χ1v) is 10.5. The summed E-state index contributed by atoms with van der Waals surface area (Å²) in [5.74, 6) is 0.0833. The predicted octanol–water partition coefficient (Wildman–Crippen LogP) is 5.71. The van der Waals surface area contributed by atoms with E-state index in [0.29, 0.717) is 4.88 Å². The van der Waals surface area contributed by atoms with Gasteiger partial charge in [-0.1, -0.05) is 38.6 Å². The Labute approximate surface area is 163 Å². The van der Waals surface area contributed by atoms with Gasteiger partial charge < -0.3 is 0 Å². The Morgan fingerprint density at radius 2 is 2.00 bits per heavy atom. The molecule has 27 heavy (non-hydrogen) atoms. The molecule has 0 radical (unpaired) electrons. The molecule has 0 N–H and O–H groups in total. The minimum atomic E-state index is -4.56. The summed E-state index contributed by atoms with van der Waals surface area (Å²) in [6, 6.07) is 4.48. The molecule has 2 fully saturated rings. The number of aromatic nitrogens is 2. The van der Waals surface area contributed by atoms with Crippen molar-refractivity contribution in [2.24, 2.45) is 16.7 Å². The second-order valence-corrected chi connectivity index (χ2v) is 10.0. The average molecular weight is 413 g/mol. The van der Waals surface area contributed by atoms with E-state index in [4.69, 9.17) is 0 Å². The molecule has 0 amide bonds. The summed E-state index contributed by atoms with van der Waals surface area (Å²) >= 11 is 2.42. The lowest BCUT2D eigenvalue weighted by Gasteiger charge is -2.37. The van der Waals surface area contributed by atoms with Crippen LogP contribution in [0.25, 0.3) is 10.6 Å². The fourth-order valence-electron chi connectivity index (χ4n) is 4.46. The number of rotatable bonds is 3. The molecule has 8 heteroatoms. The van der Waals surface area contributed by atoms with E-state index in [1.807, 2.05) is 0 Å². The number of hydrogen-bond donors (Lipinski definition) is 0. The lowest BCUT2D eigenvalue weighted by Crippen LogP contribution is -2.35. The first-order chi connectivity index (χ1) is 12.5. The zero-order valence-corrected chi connectivity index (χ0v) is 16.8. The maximum atomic E-state index is 13.4. The van der Waals surface area contributed by atoms with E-state index >= 15 is 0 Å². The number of Topliss-reactive ketones (excluding diaryl/α,β-unsaturated/α-hetero) is 1. The van der Waals surface area contributed by atoms with Crippen molar-refractivity contribution < 1.29 is 18.0 Å². The third-order valence-corrected chi connectivity index (χ3v) is 8.74. The van der Waals surface area contributed by atoms with Gasteiger partial charge in [0.05, 0.1) is 15.8 Å². The van der Waals surface area contributed by atoms with E-state index in [1.165, 1.54) is 11.3 Å². The predicted molar refractivity (Wildman–Crippen MR) is 99.6 cm³/mol. The molecule has 0 unspecified atom stereocenters. The SMILES string of the molecule is CC1(C)[C@H]2CC[C@@]1(C)[C@@H](Sc1nc(-c3cccs3)cc(C(F)(F)F)n1)C2=O. The fourth-order valence-corrected chi connectivity index (χ4v) is 6.62. The maximum Gasteiger partial charge on any atom is 0.433 e. The first kappa shape index (κ1) is 18.9. The van der Waals surface area contributed by atoms with Crippen LogP contribution >= 0.6 is 23.1 Å². The molecule has 2 heterocycles. The lowest BCUT2D eigenvalue weighted by atomic mass is 9.71. The molecular weight excluding hydrogens is 393 g/mol.